The van der Waals surface area contributed by atoms with Crippen molar-refractivity contribution < 1.29 is 26.9 Å². The summed E-state index contributed by atoms with van der Waals surface area (Å²) < 4.78 is 42.8. The topological polar surface area (TPSA) is 29.0 Å². The van der Waals surface area contributed by atoms with Crippen LogP contribution in [0.4, 0.5) is 17.3 Å². The van der Waals surface area contributed by atoms with Gasteiger partial charge in [0.1, 0.15) is 12.4 Å². The molecule has 0 saturated heterocycles. The first-order valence-corrected chi connectivity index (χ1v) is 4.21. The molecule has 3 nitrogen and oxygen atoms in total. The van der Waals surface area contributed by atoms with Crippen LogP contribution in [-0.4, -0.2) is 16.9 Å². The third-order valence-electron chi connectivity index (χ3n) is 1.74. The van der Waals surface area contributed by atoms with Crippen LogP contribution in [0.3, 0.4) is 0 Å². The molecule has 0 amide bonds. The van der Waals surface area contributed by atoms with E-state index in [2.05, 4.69) is 0 Å². The van der Waals surface area contributed by atoms with Gasteiger partial charge in [0, 0.05) is 13.8 Å². The first-order valence-electron chi connectivity index (χ1n) is 4.21. The van der Waals surface area contributed by atoms with E-state index in [-0.39, 0.29) is 0 Å². The smallest absolute Gasteiger partial charge is 0.418 e. The van der Waals surface area contributed by atoms with Crippen LogP contribution in [0.1, 0.15) is 19.0 Å². The lowest BCUT2D eigenvalue weighted by Gasteiger charge is -1.99. The van der Waals surface area contributed by atoms with Crippen LogP contribution in [0.15, 0.2) is 12.4 Å². The predicted octanol–water partition coefficient (Wildman–Crippen LogP) is 1.43. The van der Waals surface area contributed by atoms with Crippen molar-refractivity contribution in [1.29, 1.82) is 0 Å². The van der Waals surface area contributed by atoms with Gasteiger partial charge in [0.25, 0.3) is 5.82 Å². The summed E-state index contributed by atoms with van der Waals surface area (Å²) >= 11 is 0. The van der Waals surface area contributed by atoms with Crippen LogP contribution in [0.25, 0.3) is 0 Å². The molecule has 1 aromatic heterocycles. The second-order valence-corrected chi connectivity index (χ2v) is 2.99. The highest BCUT2D eigenvalue weighted by molar-refractivity contribution is 6.50. The van der Waals surface area contributed by atoms with Gasteiger partial charge >= 0.3 is 7.25 Å². The van der Waals surface area contributed by atoms with Crippen molar-refractivity contribution in [2.45, 2.75) is 20.1 Å². The van der Waals surface area contributed by atoms with Crippen LogP contribution in [-0.2, 0) is 7.05 Å². The summed E-state index contributed by atoms with van der Waals surface area (Å²) in [7, 11) is -4.05. The lowest BCUT2D eigenvalue weighted by Crippen LogP contribution is -2.30. The quantitative estimate of drug-likeness (QED) is 0.439. The minimum Gasteiger partial charge on any atom is -0.418 e. The van der Waals surface area contributed by atoms with Gasteiger partial charge in [0.2, 0.25) is 0 Å². The number of imidazole rings is 1. The van der Waals surface area contributed by atoms with Gasteiger partial charge in [-0.3, -0.25) is 0 Å². The Kier molecular flexibility index (Phi) is 4.79. The van der Waals surface area contributed by atoms with Crippen LogP contribution in [0.2, 0.25) is 0 Å². The van der Waals surface area contributed by atoms with Crippen molar-refractivity contribution in [2.24, 2.45) is 7.05 Å². The zero-order chi connectivity index (χ0) is 12.2. The Morgan fingerprint density at radius 3 is 1.93 bits per heavy atom. The Morgan fingerprint density at radius 2 is 1.80 bits per heavy atom. The fourth-order valence-corrected chi connectivity index (χ4v) is 0.965. The molecule has 0 radical (unpaired) electrons. The zero-order valence-corrected chi connectivity index (χ0v) is 8.66. The number of aromatic nitrogens is 2. The highest BCUT2D eigenvalue weighted by atomic mass is 19.5. The molecule has 1 N–H and O–H groups in total. The van der Waals surface area contributed by atoms with Crippen molar-refractivity contribution >= 4 is 7.25 Å². The van der Waals surface area contributed by atoms with E-state index in [4.69, 9.17) is 5.11 Å². The fourth-order valence-electron chi connectivity index (χ4n) is 0.965. The van der Waals surface area contributed by atoms with Crippen LogP contribution >= 0.6 is 0 Å². The van der Waals surface area contributed by atoms with E-state index in [0.717, 1.165) is 5.82 Å². The van der Waals surface area contributed by atoms with Gasteiger partial charge in [-0.25, -0.2) is 9.13 Å². The Hall–Kier alpha value is -1.05. The first-order chi connectivity index (χ1) is 6.63. The predicted molar refractivity (Wildman–Crippen MR) is 47.5 cm³/mol. The molecule has 1 rings (SSSR count). The van der Waals surface area contributed by atoms with Crippen LogP contribution in [0.5, 0.6) is 0 Å². The molecule has 1 atom stereocenters. The standard InChI is InChI=1S/C7H13N2O.BF4/c1-6-8(3)4-5-9(6)7(2)10;2-1(3,4)5/h4-5,7,10H,1-3H3;/q+1;-1. The van der Waals surface area contributed by atoms with E-state index >= 15 is 0 Å². The Morgan fingerprint density at radius 1 is 1.40 bits per heavy atom. The van der Waals surface area contributed by atoms with E-state index in [0.29, 0.717) is 0 Å². The van der Waals surface area contributed by atoms with Gasteiger partial charge in [0.15, 0.2) is 6.23 Å². The third-order valence-corrected chi connectivity index (χ3v) is 1.74. The molecular formula is C7H13BF4N2O. The highest BCUT2D eigenvalue weighted by Gasteiger charge is 2.20. The number of hydrogen-bond donors (Lipinski definition) is 1. The molecule has 0 saturated carbocycles. The summed E-state index contributed by atoms with van der Waals surface area (Å²) in [5.41, 5.74) is 0. The molecule has 1 unspecified atom stereocenters. The van der Waals surface area contributed by atoms with Crippen molar-refractivity contribution in [1.82, 2.24) is 4.57 Å². The summed E-state index contributed by atoms with van der Waals surface area (Å²) in [4.78, 5) is 0. The largest absolute Gasteiger partial charge is 0.673 e. The van der Waals surface area contributed by atoms with Gasteiger partial charge in [-0.1, -0.05) is 0 Å². The lowest BCUT2D eigenvalue weighted by molar-refractivity contribution is -0.677. The summed E-state index contributed by atoms with van der Waals surface area (Å²) in [5.74, 6) is 1.05. The summed E-state index contributed by atoms with van der Waals surface area (Å²) in [5, 5.41) is 9.17. The summed E-state index contributed by atoms with van der Waals surface area (Å²) in [6, 6.07) is 0. The molecule has 0 aliphatic heterocycles. The number of halogens is 4. The first kappa shape index (κ1) is 14.0. The van der Waals surface area contributed by atoms with Gasteiger partial charge < -0.3 is 22.4 Å². The number of aliphatic hydroxyl groups excluding tert-OH is 1. The fraction of sp³-hybridized carbons (Fsp3) is 0.571. The van der Waals surface area contributed by atoms with E-state index in [1.54, 1.807) is 11.5 Å². The Bertz CT molecular complexity index is 304. The van der Waals surface area contributed by atoms with E-state index < -0.39 is 13.5 Å². The molecule has 0 aromatic carbocycles. The molecular weight excluding hydrogens is 215 g/mol. The second kappa shape index (κ2) is 5.15. The number of nitrogens with zero attached hydrogens (tertiary/aromatic N) is 2. The van der Waals surface area contributed by atoms with Crippen molar-refractivity contribution in [3.8, 4) is 0 Å². The molecule has 0 spiro atoms. The second-order valence-electron chi connectivity index (χ2n) is 2.99. The maximum atomic E-state index is 9.75. The normalized spacial score (nSPS) is 13.1. The number of rotatable bonds is 1. The van der Waals surface area contributed by atoms with Crippen LogP contribution in [0, 0.1) is 6.92 Å². The van der Waals surface area contributed by atoms with Gasteiger partial charge in [0.05, 0.1) is 7.05 Å². The minimum atomic E-state index is -6.00. The van der Waals surface area contributed by atoms with Gasteiger partial charge in [-0.15, -0.1) is 0 Å². The van der Waals surface area contributed by atoms with Gasteiger partial charge in [-0.2, -0.15) is 0 Å². The number of aryl methyl sites for hydroxylation is 1. The minimum absolute atomic E-state index is 0.429. The lowest BCUT2D eigenvalue weighted by atomic mass is 10.3. The average molecular weight is 228 g/mol. The maximum absolute atomic E-state index is 9.75. The molecule has 88 valence electrons. The van der Waals surface area contributed by atoms with E-state index in [1.165, 1.54) is 0 Å². The molecule has 0 aliphatic rings. The summed E-state index contributed by atoms with van der Waals surface area (Å²) in [6.07, 6.45) is 3.35. The summed E-state index contributed by atoms with van der Waals surface area (Å²) in [6.45, 7) is 3.71. The van der Waals surface area contributed by atoms with Crippen molar-refractivity contribution in [3.63, 3.8) is 0 Å². The molecule has 0 aliphatic carbocycles. The highest BCUT2D eigenvalue weighted by Crippen LogP contribution is 2.06. The Balaban J connectivity index is 0.000000336. The van der Waals surface area contributed by atoms with Gasteiger partial charge in [-0.05, 0) is 0 Å². The maximum Gasteiger partial charge on any atom is 0.673 e. The number of aliphatic hydroxyl groups is 1. The van der Waals surface area contributed by atoms with E-state index in [1.807, 2.05) is 30.9 Å². The average Bonchev–Trinajstić information content (AvgIpc) is 2.29. The molecule has 8 heteroatoms. The Labute approximate surface area is 85.1 Å². The molecule has 1 aromatic rings. The molecule has 0 bridgehead atoms. The van der Waals surface area contributed by atoms with Crippen molar-refractivity contribution in [3.05, 3.63) is 18.2 Å². The zero-order valence-electron chi connectivity index (χ0n) is 8.66. The monoisotopic (exact) mass is 228 g/mol. The number of hydrogen-bond acceptors (Lipinski definition) is 1. The van der Waals surface area contributed by atoms with Crippen LogP contribution < -0.4 is 4.57 Å². The molecule has 15 heavy (non-hydrogen) atoms. The third kappa shape index (κ3) is 6.11. The van der Waals surface area contributed by atoms with Crippen molar-refractivity contribution in [2.75, 3.05) is 0 Å². The SMILES string of the molecule is Cc1n(C(C)O)cc[n+]1C.F[B-](F)(F)F. The molecule has 0 fully saturated rings. The van der Waals surface area contributed by atoms with E-state index in [9.17, 15) is 17.3 Å². The molecule has 1 heterocycles.